The van der Waals surface area contributed by atoms with Crippen LogP contribution in [0.4, 0.5) is 4.79 Å². The number of urea groups is 1. The van der Waals surface area contributed by atoms with E-state index in [1.54, 1.807) is 26.2 Å². The van der Waals surface area contributed by atoms with E-state index >= 15 is 0 Å². The first-order valence-corrected chi connectivity index (χ1v) is 9.72. The summed E-state index contributed by atoms with van der Waals surface area (Å²) in [5, 5.41) is 13.4. The van der Waals surface area contributed by atoms with Gasteiger partial charge in [0.1, 0.15) is 0 Å². The fourth-order valence-corrected chi connectivity index (χ4v) is 3.35. The van der Waals surface area contributed by atoms with Crippen LogP contribution in [0.3, 0.4) is 0 Å². The second kappa shape index (κ2) is 9.23. The Balaban J connectivity index is 1.82. The average molecular weight is 399 g/mol. The fraction of sp³-hybridized carbons (Fsp3) is 0.263. The highest BCUT2D eigenvalue weighted by atomic mass is 32.2. The number of hydrogen-bond donors (Lipinski definition) is 2. The molecule has 146 valence electrons. The molecule has 0 bridgehead atoms. The van der Waals surface area contributed by atoms with Crippen LogP contribution in [0.1, 0.15) is 19.4 Å². The number of amides is 3. The van der Waals surface area contributed by atoms with Crippen LogP contribution < -0.4 is 10.6 Å². The molecule has 0 spiro atoms. The molecule has 0 aliphatic carbocycles. The molecule has 1 atom stereocenters. The van der Waals surface area contributed by atoms with Crippen molar-refractivity contribution >= 4 is 23.7 Å². The number of aromatic nitrogens is 3. The van der Waals surface area contributed by atoms with E-state index in [4.69, 9.17) is 4.42 Å². The van der Waals surface area contributed by atoms with Gasteiger partial charge < -0.3 is 9.73 Å². The normalized spacial score (nSPS) is 11.8. The lowest BCUT2D eigenvalue weighted by atomic mass is 10.2. The first-order valence-electron chi connectivity index (χ1n) is 8.84. The second-order valence-corrected chi connectivity index (χ2v) is 7.27. The number of hydrogen-bond acceptors (Lipinski definition) is 6. The minimum Gasteiger partial charge on any atom is -0.461 e. The molecule has 0 radical (unpaired) electrons. The Morgan fingerprint density at radius 1 is 1.18 bits per heavy atom. The maximum atomic E-state index is 12.3. The van der Waals surface area contributed by atoms with Gasteiger partial charge in [-0.2, -0.15) is 0 Å². The van der Waals surface area contributed by atoms with Crippen molar-refractivity contribution in [3.8, 4) is 11.6 Å². The third kappa shape index (κ3) is 4.80. The van der Waals surface area contributed by atoms with Gasteiger partial charge in [-0.3, -0.25) is 14.7 Å². The highest BCUT2D eigenvalue weighted by Gasteiger charge is 2.23. The van der Waals surface area contributed by atoms with Gasteiger partial charge in [-0.15, -0.1) is 10.2 Å². The van der Waals surface area contributed by atoms with Crippen molar-refractivity contribution in [3.63, 3.8) is 0 Å². The van der Waals surface area contributed by atoms with Crippen LogP contribution in [0.25, 0.3) is 11.6 Å². The Morgan fingerprint density at radius 3 is 2.64 bits per heavy atom. The topological polar surface area (TPSA) is 102 Å². The predicted octanol–water partition coefficient (Wildman–Crippen LogP) is 2.91. The molecule has 3 rings (SSSR count). The van der Waals surface area contributed by atoms with Crippen LogP contribution in [-0.4, -0.2) is 38.5 Å². The Morgan fingerprint density at radius 2 is 1.96 bits per heavy atom. The summed E-state index contributed by atoms with van der Waals surface area (Å²) < 4.78 is 7.38. The highest BCUT2D eigenvalue weighted by Crippen LogP contribution is 2.28. The van der Waals surface area contributed by atoms with Gasteiger partial charge in [-0.25, -0.2) is 4.79 Å². The van der Waals surface area contributed by atoms with Gasteiger partial charge in [-0.05, 0) is 31.5 Å². The SMILES string of the molecule is CCNC(=O)NC(=O)[C@@H](C)Sc1nnc(-c2ccco2)n1Cc1ccccc1. The van der Waals surface area contributed by atoms with Gasteiger partial charge >= 0.3 is 6.03 Å². The Bertz CT molecular complexity index is 924. The molecule has 0 unspecified atom stereocenters. The summed E-state index contributed by atoms with van der Waals surface area (Å²) in [4.78, 5) is 23.8. The van der Waals surface area contributed by atoms with Gasteiger partial charge in [0.05, 0.1) is 18.1 Å². The molecule has 2 heterocycles. The number of rotatable bonds is 7. The van der Waals surface area contributed by atoms with Crippen molar-refractivity contribution in [1.29, 1.82) is 0 Å². The lowest BCUT2D eigenvalue weighted by molar-refractivity contribution is -0.119. The van der Waals surface area contributed by atoms with Crippen molar-refractivity contribution in [2.24, 2.45) is 0 Å². The maximum absolute atomic E-state index is 12.3. The predicted molar refractivity (Wildman–Crippen MR) is 106 cm³/mol. The van der Waals surface area contributed by atoms with Crippen LogP contribution in [0.5, 0.6) is 0 Å². The standard InChI is InChI=1S/C19H21N5O3S/c1-3-20-18(26)21-17(25)13(2)28-19-23-22-16(15-10-7-11-27-15)24(19)12-14-8-5-4-6-9-14/h4-11,13H,3,12H2,1-2H3,(H2,20,21,25,26)/t13-/m1/s1. The number of benzene rings is 1. The van der Waals surface area contributed by atoms with E-state index in [0.29, 0.717) is 29.8 Å². The quantitative estimate of drug-likeness (QED) is 0.592. The molecule has 0 fully saturated rings. The van der Waals surface area contributed by atoms with Gasteiger partial charge in [-0.1, -0.05) is 42.1 Å². The highest BCUT2D eigenvalue weighted by molar-refractivity contribution is 8.00. The van der Waals surface area contributed by atoms with E-state index in [1.807, 2.05) is 41.0 Å². The van der Waals surface area contributed by atoms with E-state index in [1.165, 1.54) is 11.8 Å². The van der Waals surface area contributed by atoms with Crippen molar-refractivity contribution in [2.75, 3.05) is 6.54 Å². The molecule has 0 saturated carbocycles. The first kappa shape index (κ1) is 19.7. The van der Waals surface area contributed by atoms with E-state index in [0.717, 1.165) is 5.56 Å². The van der Waals surface area contributed by atoms with Gasteiger partial charge in [0.25, 0.3) is 0 Å². The Hall–Kier alpha value is -3.07. The van der Waals surface area contributed by atoms with Crippen molar-refractivity contribution in [1.82, 2.24) is 25.4 Å². The monoisotopic (exact) mass is 399 g/mol. The zero-order valence-electron chi connectivity index (χ0n) is 15.6. The smallest absolute Gasteiger partial charge is 0.321 e. The van der Waals surface area contributed by atoms with Crippen LogP contribution in [-0.2, 0) is 11.3 Å². The number of carbonyl (C=O) groups excluding carboxylic acids is 2. The molecule has 3 aromatic rings. The minimum atomic E-state index is -0.536. The molecule has 0 aliphatic heterocycles. The summed E-state index contributed by atoms with van der Waals surface area (Å²) in [6.07, 6.45) is 1.58. The van der Waals surface area contributed by atoms with Gasteiger partial charge in [0, 0.05) is 6.54 Å². The van der Waals surface area contributed by atoms with Crippen LogP contribution in [0.2, 0.25) is 0 Å². The zero-order chi connectivity index (χ0) is 19.9. The number of imide groups is 1. The molecule has 2 N–H and O–H groups in total. The largest absolute Gasteiger partial charge is 0.461 e. The van der Waals surface area contributed by atoms with Crippen LogP contribution >= 0.6 is 11.8 Å². The first-order chi connectivity index (χ1) is 13.6. The summed E-state index contributed by atoms with van der Waals surface area (Å²) in [5.41, 5.74) is 1.07. The lowest BCUT2D eigenvalue weighted by Gasteiger charge is -2.13. The number of thioether (sulfide) groups is 1. The summed E-state index contributed by atoms with van der Waals surface area (Å²) in [7, 11) is 0. The van der Waals surface area contributed by atoms with Crippen molar-refractivity contribution < 1.29 is 14.0 Å². The second-order valence-electron chi connectivity index (χ2n) is 5.96. The van der Waals surface area contributed by atoms with Crippen molar-refractivity contribution in [3.05, 3.63) is 54.3 Å². The molecule has 28 heavy (non-hydrogen) atoms. The molecular weight excluding hydrogens is 378 g/mol. The number of carbonyl (C=O) groups is 2. The number of furan rings is 1. The zero-order valence-corrected chi connectivity index (χ0v) is 16.4. The molecule has 1 aromatic carbocycles. The number of nitrogens with zero attached hydrogens (tertiary/aromatic N) is 3. The van der Waals surface area contributed by atoms with Crippen LogP contribution in [0.15, 0.2) is 58.3 Å². The summed E-state index contributed by atoms with van der Waals surface area (Å²) in [6, 6.07) is 13.0. The lowest BCUT2D eigenvalue weighted by Crippen LogP contribution is -2.42. The molecular formula is C19H21N5O3S. The van der Waals surface area contributed by atoms with E-state index in [9.17, 15) is 9.59 Å². The number of nitrogens with one attached hydrogen (secondary N) is 2. The van der Waals surface area contributed by atoms with Crippen LogP contribution in [0, 0.1) is 0 Å². The minimum absolute atomic E-state index is 0.398. The summed E-state index contributed by atoms with van der Waals surface area (Å²) in [6.45, 7) is 4.47. The third-order valence-corrected chi connectivity index (χ3v) is 4.95. The third-order valence-electron chi connectivity index (χ3n) is 3.87. The van der Waals surface area contributed by atoms with E-state index in [2.05, 4.69) is 20.8 Å². The molecule has 8 nitrogen and oxygen atoms in total. The van der Waals surface area contributed by atoms with E-state index in [-0.39, 0.29) is 0 Å². The molecule has 0 saturated heterocycles. The average Bonchev–Trinajstić information content (AvgIpc) is 3.33. The Labute approximate surface area is 166 Å². The summed E-state index contributed by atoms with van der Waals surface area (Å²) in [5.74, 6) is 0.771. The van der Waals surface area contributed by atoms with Gasteiger partial charge in [0.15, 0.2) is 10.9 Å². The maximum Gasteiger partial charge on any atom is 0.321 e. The van der Waals surface area contributed by atoms with Crippen molar-refractivity contribution in [2.45, 2.75) is 30.8 Å². The van der Waals surface area contributed by atoms with Gasteiger partial charge in [0.2, 0.25) is 11.7 Å². The molecule has 0 aliphatic rings. The Kier molecular flexibility index (Phi) is 6.49. The summed E-state index contributed by atoms with van der Waals surface area (Å²) >= 11 is 1.23. The van der Waals surface area contributed by atoms with E-state index < -0.39 is 17.2 Å². The molecule has 9 heteroatoms. The molecule has 2 aromatic heterocycles. The fourth-order valence-electron chi connectivity index (χ4n) is 2.50. The molecule has 3 amide bonds.